The highest BCUT2D eigenvalue weighted by atomic mass is 16.5. The third-order valence-corrected chi connectivity index (χ3v) is 4.06. The van der Waals surface area contributed by atoms with E-state index in [1.165, 1.54) is 24.0 Å². The summed E-state index contributed by atoms with van der Waals surface area (Å²) in [4.78, 5) is 0. The van der Waals surface area contributed by atoms with Gasteiger partial charge in [0.15, 0.2) is 0 Å². The second kappa shape index (κ2) is 6.76. The summed E-state index contributed by atoms with van der Waals surface area (Å²) in [5, 5.41) is 3.70. The molecule has 1 aromatic rings. The Labute approximate surface area is 116 Å². The van der Waals surface area contributed by atoms with Crippen molar-refractivity contribution < 1.29 is 4.74 Å². The summed E-state index contributed by atoms with van der Waals surface area (Å²) in [5.41, 5.74) is 2.84. The molecule has 1 N–H and O–H groups in total. The third kappa shape index (κ3) is 3.01. The summed E-state index contributed by atoms with van der Waals surface area (Å²) in [6.45, 7) is 7.24. The second-order valence-corrected chi connectivity index (χ2v) is 5.26. The van der Waals surface area contributed by atoms with Crippen LogP contribution in [0.2, 0.25) is 0 Å². The van der Waals surface area contributed by atoms with E-state index in [4.69, 9.17) is 4.74 Å². The highest BCUT2D eigenvalue weighted by molar-refractivity contribution is 5.44. The summed E-state index contributed by atoms with van der Waals surface area (Å²) in [6, 6.07) is 7.00. The number of hydrogen-bond acceptors (Lipinski definition) is 2. The van der Waals surface area contributed by atoms with Gasteiger partial charge < -0.3 is 10.1 Å². The van der Waals surface area contributed by atoms with E-state index in [0.29, 0.717) is 12.0 Å². The van der Waals surface area contributed by atoms with Gasteiger partial charge >= 0.3 is 0 Å². The van der Waals surface area contributed by atoms with Gasteiger partial charge in [0.2, 0.25) is 0 Å². The van der Waals surface area contributed by atoms with E-state index in [-0.39, 0.29) is 0 Å². The van der Waals surface area contributed by atoms with Crippen molar-refractivity contribution in [1.29, 1.82) is 0 Å². The molecule has 2 nitrogen and oxygen atoms in total. The molecular weight excluding hydrogens is 234 g/mol. The van der Waals surface area contributed by atoms with Crippen LogP contribution in [0.1, 0.15) is 43.2 Å². The van der Waals surface area contributed by atoms with E-state index in [2.05, 4.69) is 37.0 Å². The maximum Gasteiger partial charge on any atom is 0.122 e. The Morgan fingerprint density at radius 1 is 1.47 bits per heavy atom. The third-order valence-electron chi connectivity index (χ3n) is 4.06. The highest BCUT2D eigenvalue weighted by Crippen LogP contribution is 2.38. The quantitative estimate of drug-likeness (QED) is 0.787. The molecule has 0 bridgehead atoms. The minimum atomic E-state index is 0.530. The zero-order chi connectivity index (χ0) is 13.7. The summed E-state index contributed by atoms with van der Waals surface area (Å²) < 4.78 is 5.51. The molecule has 1 aliphatic rings. The van der Waals surface area contributed by atoms with Crippen molar-refractivity contribution in [3.63, 3.8) is 0 Å². The lowest BCUT2D eigenvalue weighted by atomic mass is 9.77. The van der Waals surface area contributed by atoms with E-state index < -0.39 is 0 Å². The van der Waals surface area contributed by atoms with Crippen LogP contribution in [-0.2, 0) is 6.42 Å². The van der Waals surface area contributed by atoms with E-state index >= 15 is 0 Å². The van der Waals surface area contributed by atoms with Crippen molar-refractivity contribution in [1.82, 2.24) is 5.32 Å². The normalized spacial score (nSPS) is 21.8. The van der Waals surface area contributed by atoms with Crippen LogP contribution < -0.4 is 10.1 Å². The minimum absolute atomic E-state index is 0.530. The van der Waals surface area contributed by atoms with E-state index in [0.717, 1.165) is 25.1 Å². The average molecular weight is 259 g/mol. The smallest absolute Gasteiger partial charge is 0.122 e. The van der Waals surface area contributed by atoms with Crippen LogP contribution in [0.5, 0.6) is 5.75 Å². The molecule has 0 saturated carbocycles. The monoisotopic (exact) mass is 259 g/mol. The number of fused-ring (bicyclic) bond motifs is 1. The molecule has 2 atom stereocenters. The van der Waals surface area contributed by atoms with Crippen LogP contribution >= 0.6 is 0 Å². The molecule has 0 radical (unpaired) electrons. The lowest BCUT2D eigenvalue weighted by Crippen LogP contribution is -2.38. The Morgan fingerprint density at radius 3 is 3.00 bits per heavy atom. The molecule has 0 spiro atoms. The number of benzene rings is 1. The van der Waals surface area contributed by atoms with Crippen molar-refractivity contribution in [2.75, 3.05) is 13.7 Å². The van der Waals surface area contributed by atoms with Crippen molar-refractivity contribution >= 4 is 0 Å². The fraction of sp³-hybridized carbons (Fsp3) is 0.529. The molecular formula is C17H25NO. The average Bonchev–Trinajstić information content (AvgIpc) is 2.46. The van der Waals surface area contributed by atoms with Gasteiger partial charge in [-0.3, -0.25) is 0 Å². The molecule has 2 rings (SSSR count). The molecule has 1 aromatic carbocycles. The van der Waals surface area contributed by atoms with Crippen LogP contribution in [0.25, 0.3) is 0 Å². The largest absolute Gasteiger partial charge is 0.496 e. The fourth-order valence-electron chi connectivity index (χ4n) is 3.15. The Bertz CT molecular complexity index is 427. The first-order valence-corrected chi connectivity index (χ1v) is 7.31. The maximum atomic E-state index is 5.51. The summed E-state index contributed by atoms with van der Waals surface area (Å²) >= 11 is 0. The van der Waals surface area contributed by atoms with Gasteiger partial charge in [-0.15, -0.1) is 6.58 Å². The van der Waals surface area contributed by atoms with Gasteiger partial charge in [0, 0.05) is 12.0 Å². The van der Waals surface area contributed by atoms with Crippen LogP contribution in [-0.4, -0.2) is 19.7 Å². The first-order chi connectivity index (χ1) is 9.31. The van der Waals surface area contributed by atoms with Crippen LogP contribution in [0.4, 0.5) is 0 Å². The zero-order valence-corrected chi connectivity index (χ0v) is 12.1. The Hall–Kier alpha value is -1.28. The number of hydrogen-bond donors (Lipinski definition) is 1. The zero-order valence-electron chi connectivity index (χ0n) is 12.1. The molecule has 19 heavy (non-hydrogen) atoms. The lowest BCUT2D eigenvalue weighted by Gasteiger charge is -2.34. The standard InChI is InChI=1S/C17H25NO/c1-4-7-14-13-8-6-9-17(19-3)15(13)10-11-16(14)18-12-5-2/h4,6,8-9,14,16,18H,1,5,7,10-12H2,2-3H3/t14-,16-/m0/s1. The number of ether oxygens (including phenoxy) is 1. The molecule has 0 unspecified atom stereocenters. The van der Waals surface area contributed by atoms with Crippen molar-refractivity contribution in [2.24, 2.45) is 0 Å². The Kier molecular flexibility index (Phi) is 5.03. The van der Waals surface area contributed by atoms with Crippen LogP contribution in [0, 0.1) is 0 Å². The van der Waals surface area contributed by atoms with Gasteiger partial charge in [-0.25, -0.2) is 0 Å². The van der Waals surface area contributed by atoms with E-state index in [9.17, 15) is 0 Å². The number of allylic oxidation sites excluding steroid dienone is 1. The Morgan fingerprint density at radius 2 is 2.32 bits per heavy atom. The SMILES string of the molecule is C=CC[C@H]1c2cccc(OC)c2CC[C@@H]1NCCC. The predicted octanol–water partition coefficient (Wildman–Crippen LogP) is 3.67. The first-order valence-electron chi connectivity index (χ1n) is 7.31. The van der Waals surface area contributed by atoms with Gasteiger partial charge in [-0.2, -0.15) is 0 Å². The van der Waals surface area contributed by atoms with Gasteiger partial charge in [-0.1, -0.05) is 25.1 Å². The van der Waals surface area contributed by atoms with Crippen LogP contribution in [0.15, 0.2) is 30.9 Å². The van der Waals surface area contributed by atoms with Gasteiger partial charge in [0.25, 0.3) is 0 Å². The molecule has 0 fully saturated rings. The summed E-state index contributed by atoms with van der Waals surface area (Å²) in [7, 11) is 1.76. The Balaban J connectivity index is 2.29. The molecule has 1 aliphatic carbocycles. The van der Waals surface area contributed by atoms with Gasteiger partial charge in [0.05, 0.1) is 7.11 Å². The lowest BCUT2D eigenvalue weighted by molar-refractivity contribution is 0.369. The summed E-state index contributed by atoms with van der Waals surface area (Å²) in [5.74, 6) is 1.57. The first kappa shape index (κ1) is 14.1. The second-order valence-electron chi connectivity index (χ2n) is 5.26. The van der Waals surface area contributed by atoms with Crippen molar-refractivity contribution in [2.45, 2.75) is 44.6 Å². The molecule has 0 aliphatic heterocycles. The molecule has 0 amide bonds. The van der Waals surface area contributed by atoms with Gasteiger partial charge in [-0.05, 0) is 49.4 Å². The highest BCUT2D eigenvalue weighted by Gasteiger charge is 2.29. The van der Waals surface area contributed by atoms with Crippen LogP contribution in [0.3, 0.4) is 0 Å². The van der Waals surface area contributed by atoms with E-state index in [1.54, 1.807) is 7.11 Å². The number of methoxy groups -OCH3 is 1. The molecule has 0 saturated heterocycles. The molecule has 0 heterocycles. The summed E-state index contributed by atoms with van der Waals surface area (Å²) in [6.07, 6.45) is 6.55. The maximum absolute atomic E-state index is 5.51. The molecule has 2 heteroatoms. The molecule has 104 valence electrons. The topological polar surface area (TPSA) is 21.3 Å². The van der Waals surface area contributed by atoms with Crippen molar-refractivity contribution in [3.8, 4) is 5.75 Å². The number of nitrogens with one attached hydrogen (secondary N) is 1. The van der Waals surface area contributed by atoms with Crippen molar-refractivity contribution in [3.05, 3.63) is 42.0 Å². The fourth-order valence-corrected chi connectivity index (χ4v) is 3.15. The van der Waals surface area contributed by atoms with E-state index in [1.807, 2.05) is 6.08 Å². The predicted molar refractivity (Wildman–Crippen MR) is 81.0 cm³/mol. The minimum Gasteiger partial charge on any atom is -0.496 e. The number of rotatable bonds is 6. The molecule has 0 aromatic heterocycles. The van der Waals surface area contributed by atoms with Gasteiger partial charge in [0.1, 0.15) is 5.75 Å².